The van der Waals surface area contributed by atoms with E-state index in [1.807, 2.05) is 0 Å². The summed E-state index contributed by atoms with van der Waals surface area (Å²) in [5.74, 6) is 4.85. The zero-order chi connectivity index (χ0) is 11.4. The normalized spacial score (nSPS) is 9.80. The Balaban J connectivity index is 3.16. The van der Waals surface area contributed by atoms with Crippen molar-refractivity contribution >= 4 is 24.1 Å². The molecule has 1 aromatic rings. The van der Waals surface area contributed by atoms with E-state index in [9.17, 15) is 4.79 Å². The van der Waals surface area contributed by atoms with E-state index in [4.69, 9.17) is 22.8 Å². The molecule has 0 saturated carbocycles. The van der Waals surface area contributed by atoms with Gasteiger partial charge in [-0.2, -0.15) is 10.1 Å². The highest BCUT2D eigenvalue weighted by molar-refractivity contribution is 7.71. The van der Waals surface area contributed by atoms with Gasteiger partial charge in [-0.25, -0.2) is 15.3 Å². The molecule has 7 nitrogen and oxygen atoms in total. The summed E-state index contributed by atoms with van der Waals surface area (Å²) < 4.78 is 6.13. The number of carbonyl (C=O) groups is 1. The number of nitrogens with zero attached hydrogens (tertiary/aromatic N) is 3. The average Bonchev–Trinajstić information content (AvgIpc) is 2.21. The molecule has 0 aliphatic carbocycles. The predicted octanol–water partition coefficient (Wildman–Crippen LogP) is 0.00689. The first-order valence-corrected chi connectivity index (χ1v) is 4.60. The summed E-state index contributed by atoms with van der Waals surface area (Å²) >= 11 is 4.87. The molecule has 0 amide bonds. The van der Waals surface area contributed by atoms with Gasteiger partial charge in [0, 0.05) is 7.05 Å². The summed E-state index contributed by atoms with van der Waals surface area (Å²) in [7, 11) is 1.58. The minimum absolute atomic E-state index is 0.00773. The summed E-state index contributed by atoms with van der Waals surface area (Å²) in [5.41, 5.74) is 2.31. The van der Waals surface area contributed by atoms with Crippen LogP contribution in [0.15, 0.2) is 0 Å². The Morgan fingerprint density at radius 2 is 2.40 bits per heavy atom. The van der Waals surface area contributed by atoms with Crippen LogP contribution in [-0.4, -0.2) is 27.3 Å². The van der Waals surface area contributed by atoms with Crippen molar-refractivity contribution in [1.29, 1.82) is 0 Å². The number of rotatable bonds is 3. The molecule has 0 saturated heterocycles. The molecule has 1 aromatic heterocycles. The van der Waals surface area contributed by atoms with E-state index in [2.05, 4.69) is 15.5 Å². The van der Waals surface area contributed by atoms with Crippen molar-refractivity contribution in [3.8, 4) is 0 Å². The van der Waals surface area contributed by atoms with Gasteiger partial charge in [-0.05, 0) is 6.92 Å². The lowest BCUT2D eigenvalue weighted by atomic mass is 10.5. The van der Waals surface area contributed by atoms with Crippen molar-refractivity contribution in [3.05, 3.63) is 10.3 Å². The molecule has 1 rings (SSSR count). The number of nitrogen functional groups attached to an aromatic ring is 1. The van der Waals surface area contributed by atoms with Crippen molar-refractivity contribution in [2.24, 2.45) is 12.9 Å². The minimum Gasteiger partial charge on any atom is -0.461 e. The number of carbonyl (C=O) groups excluding carboxylic acids is 1. The van der Waals surface area contributed by atoms with Crippen LogP contribution in [0.4, 0.5) is 5.95 Å². The molecular weight excluding hydrogens is 218 g/mol. The van der Waals surface area contributed by atoms with Gasteiger partial charge in [-0.1, -0.05) is 12.2 Å². The van der Waals surface area contributed by atoms with Gasteiger partial charge in [-0.3, -0.25) is 5.43 Å². The molecule has 0 aromatic carbocycles. The van der Waals surface area contributed by atoms with E-state index < -0.39 is 5.97 Å². The van der Waals surface area contributed by atoms with E-state index in [1.165, 1.54) is 4.68 Å². The Kier molecular flexibility index (Phi) is 3.69. The molecule has 0 aliphatic rings. The van der Waals surface area contributed by atoms with E-state index in [0.29, 0.717) is 0 Å². The monoisotopic (exact) mass is 229 g/mol. The van der Waals surface area contributed by atoms with E-state index in [0.717, 1.165) is 0 Å². The molecule has 0 atom stereocenters. The summed E-state index contributed by atoms with van der Waals surface area (Å²) in [6.07, 6.45) is 0. The molecular formula is C7H11N5O2S. The van der Waals surface area contributed by atoms with Crippen LogP contribution < -0.4 is 11.3 Å². The molecule has 0 bridgehead atoms. The van der Waals surface area contributed by atoms with Gasteiger partial charge < -0.3 is 4.74 Å². The highest BCUT2D eigenvalue weighted by atomic mass is 32.1. The van der Waals surface area contributed by atoms with Crippen LogP contribution in [0.1, 0.15) is 17.4 Å². The van der Waals surface area contributed by atoms with Crippen LogP contribution in [0.2, 0.25) is 0 Å². The SMILES string of the molecule is CCOC(=O)c1nn(C)c(NN)nc1=S. The largest absolute Gasteiger partial charge is 0.461 e. The Morgan fingerprint density at radius 3 is 2.93 bits per heavy atom. The maximum Gasteiger partial charge on any atom is 0.361 e. The van der Waals surface area contributed by atoms with Gasteiger partial charge in [-0.15, -0.1) is 0 Å². The number of hydrazine groups is 1. The number of nitrogens with one attached hydrogen (secondary N) is 1. The van der Waals surface area contributed by atoms with Crippen LogP contribution in [-0.2, 0) is 11.8 Å². The molecule has 1 heterocycles. The minimum atomic E-state index is -0.589. The quantitative estimate of drug-likeness (QED) is 0.326. The van der Waals surface area contributed by atoms with Gasteiger partial charge in [0.1, 0.15) is 0 Å². The van der Waals surface area contributed by atoms with Crippen molar-refractivity contribution in [2.45, 2.75) is 6.92 Å². The lowest BCUT2D eigenvalue weighted by molar-refractivity contribution is 0.0515. The first-order chi connectivity index (χ1) is 7.10. The fourth-order valence-corrected chi connectivity index (χ4v) is 1.13. The van der Waals surface area contributed by atoms with Crippen molar-refractivity contribution in [1.82, 2.24) is 14.8 Å². The van der Waals surface area contributed by atoms with Crippen LogP contribution in [0.25, 0.3) is 0 Å². The molecule has 3 N–H and O–H groups in total. The van der Waals surface area contributed by atoms with Crippen molar-refractivity contribution in [3.63, 3.8) is 0 Å². The molecule has 82 valence electrons. The lowest BCUT2D eigenvalue weighted by Crippen LogP contribution is -2.20. The summed E-state index contributed by atoms with van der Waals surface area (Å²) in [5, 5.41) is 3.90. The number of anilines is 1. The van der Waals surface area contributed by atoms with E-state index in [1.54, 1.807) is 14.0 Å². The van der Waals surface area contributed by atoms with Crippen LogP contribution in [0.3, 0.4) is 0 Å². The number of ether oxygens (including phenoxy) is 1. The van der Waals surface area contributed by atoms with Crippen LogP contribution in [0, 0.1) is 4.64 Å². The number of aromatic nitrogens is 3. The lowest BCUT2D eigenvalue weighted by Gasteiger charge is -2.07. The number of hydrogen-bond acceptors (Lipinski definition) is 7. The first kappa shape index (κ1) is 11.5. The van der Waals surface area contributed by atoms with Crippen molar-refractivity contribution < 1.29 is 9.53 Å². The zero-order valence-corrected chi connectivity index (χ0v) is 9.17. The summed E-state index contributed by atoms with van der Waals surface area (Å²) in [6, 6.07) is 0. The molecule has 0 radical (unpaired) electrons. The second kappa shape index (κ2) is 4.80. The number of esters is 1. The van der Waals surface area contributed by atoms with Crippen LogP contribution >= 0.6 is 12.2 Å². The smallest absolute Gasteiger partial charge is 0.361 e. The molecule has 15 heavy (non-hydrogen) atoms. The maximum absolute atomic E-state index is 11.4. The topological polar surface area (TPSA) is 95.1 Å². The Hall–Kier alpha value is -1.54. The molecule has 0 aliphatic heterocycles. The standard InChI is InChI=1S/C7H11N5O2S/c1-3-14-6(13)4-5(15)9-7(10-8)12(2)11-4/h3,8H2,1-2H3,(H,9,10,15). The van der Waals surface area contributed by atoms with Gasteiger partial charge in [0.15, 0.2) is 4.64 Å². The van der Waals surface area contributed by atoms with Gasteiger partial charge in [0.2, 0.25) is 11.6 Å². The first-order valence-electron chi connectivity index (χ1n) is 4.19. The third-order valence-corrected chi connectivity index (χ3v) is 1.85. The summed E-state index contributed by atoms with van der Waals surface area (Å²) in [4.78, 5) is 15.2. The van der Waals surface area contributed by atoms with Gasteiger partial charge >= 0.3 is 5.97 Å². The zero-order valence-electron chi connectivity index (χ0n) is 8.35. The Morgan fingerprint density at radius 1 is 1.73 bits per heavy atom. The molecule has 0 unspecified atom stereocenters. The third kappa shape index (κ3) is 2.48. The highest BCUT2D eigenvalue weighted by Gasteiger charge is 2.13. The van der Waals surface area contributed by atoms with Gasteiger partial charge in [0.05, 0.1) is 6.61 Å². The Bertz CT molecular complexity index is 430. The summed E-state index contributed by atoms with van der Waals surface area (Å²) in [6.45, 7) is 1.96. The number of aryl methyl sites for hydroxylation is 1. The second-order valence-corrected chi connectivity index (χ2v) is 2.96. The highest BCUT2D eigenvalue weighted by Crippen LogP contribution is 2.03. The van der Waals surface area contributed by atoms with Gasteiger partial charge in [0.25, 0.3) is 0 Å². The number of hydrogen-bond donors (Lipinski definition) is 2. The fourth-order valence-electron chi connectivity index (χ4n) is 0.915. The fraction of sp³-hybridized carbons (Fsp3) is 0.429. The second-order valence-electron chi connectivity index (χ2n) is 2.58. The molecule has 0 fully saturated rings. The third-order valence-electron chi connectivity index (χ3n) is 1.56. The van der Waals surface area contributed by atoms with E-state index >= 15 is 0 Å². The van der Waals surface area contributed by atoms with Crippen molar-refractivity contribution in [2.75, 3.05) is 12.0 Å². The average molecular weight is 229 g/mol. The number of nitrogens with two attached hydrogens (primary N) is 1. The maximum atomic E-state index is 11.4. The van der Waals surface area contributed by atoms with E-state index in [-0.39, 0.29) is 22.9 Å². The Labute approximate surface area is 91.2 Å². The molecule has 0 spiro atoms. The molecule has 8 heteroatoms. The van der Waals surface area contributed by atoms with Crippen LogP contribution in [0.5, 0.6) is 0 Å². The predicted molar refractivity (Wildman–Crippen MR) is 55.6 cm³/mol.